The lowest BCUT2D eigenvalue weighted by atomic mass is 10.0. The van der Waals surface area contributed by atoms with Gasteiger partial charge in [-0.15, -0.1) is 0 Å². The Kier molecular flexibility index (Phi) is 6.49. The number of nitrogens with one attached hydrogen (secondary N) is 1. The highest BCUT2D eigenvalue weighted by atomic mass is 19.4. The van der Waals surface area contributed by atoms with Gasteiger partial charge in [-0.05, 0) is 56.0 Å². The van der Waals surface area contributed by atoms with Crippen LogP contribution in [0.3, 0.4) is 0 Å². The van der Waals surface area contributed by atoms with Crippen LogP contribution in [0.1, 0.15) is 53.8 Å². The topological polar surface area (TPSA) is 99.2 Å². The van der Waals surface area contributed by atoms with E-state index in [1.807, 2.05) is 6.08 Å². The van der Waals surface area contributed by atoms with E-state index >= 15 is 0 Å². The molecule has 1 aliphatic rings. The summed E-state index contributed by atoms with van der Waals surface area (Å²) in [6, 6.07) is 4.89. The number of carbonyl (C=O) groups excluding carboxylic acids is 1. The first-order valence-corrected chi connectivity index (χ1v) is 9.69. The Hall–Kier alpha value is -3.14. The van der Waals surface area contributed by atoms with E-state index in [-0.39, 0.29) is 28.6 Å². The molecule has 1 amide bonds. The van der Waals surface area contributed by atoms with Crippen molar-refractivity contribution < 1.29 is 22.7 Å². The number of rotatable bonds is 5. The Bertz CT molecular complexity index is 1060. The average molecular weight is 436 g/mol. The molecule has 166 valence electrons. The highest BCUT2D eigenvalue weighted by Crippen LogP contribution is 2.32. The predicted octanol–water partition coefficient (Wildman–Crippen LogP) is 3.38. The number of methoxy groups -OCH3 is 1. The normalized spacial score (nSPS) is 17.7. The fraction of sp³-hybridized carbons (Fsp3) is 0.381. The maximum Gasteiger partial charge on any atom is 0.416 e. The number of ether oxygens (including phenoxy) is 1. The van der Waals surface area contributed by atoms with Crippen molar-refractivity contribution in [1.82, 2.24) is 15.1 Å². The number of anilines is 1. The van der Waals surface area contributed by atoms with E-state index in [4.69, 9.17) is 10.5 Å². The number of carbonyl (C=O) groups is 1. The zero-order valence-electron chi connectivity index (χ0n) is 17.1. The molecule has 0 aliphatic heterocycles. The highest BCUT2D eigenvalue weighted by Gasteiger charge is 2.31. The van der Waals surface area contributed by atoms with Gasteiger partial charge in [-0.3, -0.25) is 9.59 Å². The molecular formula is C21H23F3N4O3. The molecule has 10 heteroatoms. The molecule has 0 radical (unpaired) electrons. The maximum absolute atomic E-state index is 13.0. The summed E-state index contributed by atoms with van der Waals surface area (Å²) in [5, 5.41) is 6.75. The lowest BCUT2D eigenvalue weighted by molar-refractivity contribution is -0.137. The van der Waals surface area contributed by atoms with Gasteiger partial charge in [0.15, 0.2) is 0 Å². The molecule has 0 saturated carbocycles. The van der Waals surface area contributed by atoms with Gasteiger partial charge in [0.2, 0.25) is 0 Å². The Morgan fingerprint density at radius 1 is 1.32 bits per heavy atom. The summed E-state index contributed by atoms with van der Waals surface area (Å²) in [6.07, 6.45) is -0.712. The smallest absolute Gasteiger partial charge is 0.399 e. The first-order chi connectivity index (χ1) is 14.6. The molecule has 1 aliphatic carbocycles. The van der Waals surface area contributed by atoms with Crippen molar-refractivity contribution in [2.75, 3.05) is 12.8 Å². The lowest BCUT2D eigenvalue weighted by Gasteiger charge is -2.21. The Morgan fingerprint density at radius 3 is 2.68 bits per heavy atom. The van der Waals surface area contributed by atoms with Crippen LogP contribution in [0.2, 0.25) is 0 Å². The summed E-state index contributed by atoms with van der Waals surface area (Å²) < 4.78 is 45.6. The summed E-state index contributed by atoms with van der Waals surface area (Å²) in [6.45, 7) is 1.54. The zero-order chi connectivity index (χ0) is 22.8. The molecule has 2 atom stereocenters. The second kappa shape index (κ2) is 8.93. The maximum atomic E-state index is 13.0. The van der Waals surface area contributed by atoms with E-state index in [2.05, 4.69) is 10.4 Å². The van der Waals surface area contributed by atoms with Crippen LogP contribution in [0.25, 0.3) is 5.70 Å². The van der Waals surface area contributed by atoms with Gasteiger partial charge in [-0.1, -0.05) is 6.08 Å². The van der Waals surface area contributed by atoms with Crippen molar-refractivity contribution in [3.8, 4) is 0 Å². The summed E-state index contributed by atoms with van der Waals surface area (Å²) >= 11 is 0. The van der Waals surface area contributed by atoms with E-state index in [9.17, 15) is 22.8 Å². The number of benzene rings is 1. The Morgan fingerprint density at radius 2 is 2.06 bits per heavy atom. The fourth-order valence-corrected chi connectivity index (χ4v) is 3.38. The van der Waals surface area contributed by atoms with Gasteiger partial charge in [-0.25, -0.2) is 4.68 Å². The molecule has 1 aromatic heterocycles. The largest absolute Gasteiger partial charge is 0.416 e. The third-order valence-electron chi connectivity index (χ3n) is 5.13. The van der Waals surface area contributed by atoms with Crippen molar-refractivity contribution in [3.05, 3.63) is 63.6 Å². The summed E-state index contributed by atoms with van der Waals surface area (Å²) in [5.74, 6) is -0.622. The average Bonchev–Trinajstić information content (AvgIpc) is 2.73. The van der Waals surface area contributed by atoms with E-state index in [0.29, 0.717) is 18.5 Å². The summed E-state index contributed by atoms with van der Waals surface area (Å²) in [4.78, 5) is 24.9. The number of hydrogen-bond acceptors (Lipinski definition) is 5. The summed E-state index contributed by atoms with van der Waals surface area (Å²) in [7, 11) is 1.62. The molecule has 7 nitrogen and oxygen atoms in total. The van der Waals surface area contributed by atoms with Crippen LogP contribution in [0.4, 0.5) is 18.9 Å². The van der Waals surface area contributed by atoms with Crippen molar-refractivity contribution in [2.24, 2.45) is 0 Å². The second-order valence-electron chi connectivity index (χ2n) is 7.38. The van der Waals surface area contributed by atoms with Crippen LogP contribution < -0.4 is 16.6 Å². The van der Waals surface area contributed by atoms with Gasteiger partial charge in [0.05, 0.1) is 17.7 Å². The Balaban J connectivity index is 1.81. The van der Waals surface area contributed by atoms with E-state index in [1.165, 1.54) is 29.8 Å². The monoisotopic (exact) mass is 436 g/mol. The molecule has 31 heavy (non-hydrogen) atoms. The zero-order valence-corrected chi connectivity index (χ0v) is 17.1. The molecule has 1 unspecified atom stereocenters. The van der Waals surface area contributed by atoms with Crippen LogP contribution in [-0.2, 0) is 10.9 Å². The lowest BCUT2D eigenvalue weighted by Crippen LogP contribution is -2.31. The number of nitrogen functional groups attached to an aromatic ring is 1. The number of alkyl halides is 3. The number of amides is 1. The molecule has 2 aromatic rings. The minimum Gasteiger partial charge on any atom is -0.399 e. The van der Waals surface area contributed by atoms with E-state index < -0.39 is 23.7 Å². The molecule has 3 N–H and O–H groups in total. The van der Waals surface area contributed by atoms with Crippen molar-refractivity contribution in [3.63, 3.8) is 0 Å². The molecule has 1 aromatic carbocycles. The van der Waals surface area contributed by atoms with Gasteiger partial charge < -0.3 is 15.8 Å². The molecule has 0 spiro atoms. The van der Waals surface area contributed by atoms with Gasteiger partial charge in [-0.2, -0.15) is 18.3 Å². The molecule has 0 bridgehead atoms. The molecular weight excluding hydrogens is 413 g/mol. The number of nitrogens with two attached hydrogens (primary N) is 1. The predicted molar refractivity (Wildman–Crippen MR) is 109 cm³/mol. The first-order valence-electron chi connectivity index (χ1n) is 9.69. The van der Waals surface area contributed by atoms with Crippen LogP contribution in [-0.4, -0.2) is 28.9 Å². The van der Waals surface area contributed by atoms with Crippen LogP contribution in [0.15, 0.2) is 41.2 Å². The third kappa shape index (κ3) is 5.32. The fourth-order valence-electron chi connectivity index (χ4n) is 3.38. The molecule has 0 saturated heterocycles. The minimum absolute atomic E-state index is 0.0267. The Labute approximate surface area is 176 Å². The number of aromatic nitrogens is 2. The SMILES string of the molecule is COC1CC=C(n2nc(C(=O)N[C@H](C)c3cc(N)cc(C(F)(F)F)c3)ccc2=O)CC1. The molecule has 0 fully saturated rings. The van der Waals surface area contributed by atoms with Crippen LogP contribution >= 0.6 is 0 Å². The number of halogens is 3. The van der Waals surface area contributed by atoms with Crippen molar-refractivity contribution in [2.45, 2.75) is 44.5 Å². The van der Waals surface area contributed by atoms with E-state index in [1.54, 1.807) is 7.11 Å². The van der Waals surface area contributed by atoms with Gasteiger partial charge in [0, 0.05) is 24.6 Å². The minimum atomic E-state index is -4.56. The molecule has 3 rings (SSSR count). The van der Waals surface area contributed by atoms with Crippen LogP contribution in [0, 0.1) is 0 Å². The van der Waals surface area contributed by atoms with Crippen molar-refractivity contribution in [1.29, 1.82) is 0 Å². The van der Waals surface area contributed by atoms with E-state index in [0.717, 1.165) is 18.6 Å². The van der Waals surface area contributed by atoms with Crippen LogP contribution in [0.5, 0.6) is 0 Å². The van der Waals surface area contributed by atoms with Gasteiger partial charge >= 0.3 is 6.18 Å². The van der Waals surface area contributed by atoms with Gasteiger partial charge in [0.1, 0.15) is 5.69 Å². The highest BCUT2D eigenvalue weighted by molar-refractivity contribution is 5.92. The number of allylic oxidation sites excluding steroid dienone is 1. The third-order valence-corrected chi connectivity index (χ3v) is 5.13. The standard InChI is InChI=1S/C21H23F3N4O3/c1-12(13-9-14(21(22,23)24)11-15(25)10-13)26-20(30)18-7-8-19(29)28(27-18)16-3-5-17(31-2)6-4-16/h3,7-12,17H,4-6,25H2,1-2H3,(H,26,30)/t12-,17?/m1/s1. The second-order valence-corrected chi connectivity index (χ2v) is 7.38. The number of hydrogen-bond donors (Lipinski definition) is 2. The number of nitrogens with zero attached hydrogens (tertiary/aromatic N) is 2. The van der Waals surface area contributed by atoms with Crippen molar-refractivity contribution >= 4 is 17.3 Å². The first kappa shape index (κ1) is 22.5. The van der Waals surface area contributed by atoms with Gasteiger partial charge in [0.25, 0.3) is 11.5 Å². The quantitative estimate of drug-likeness (QED) is 0.700. The summed E-state index contributed by atoms with van der Waals surface area (Å²) in [5.41, 5.74) is 5.11. The molecule has 1 heterocycles.